The Morgan fingerprint density at radius 2 is 2.32 bits per heavy atom. The molecule has 0 aromatic heterocycles. The van der Waals surface area contributed by atoms with Crippen LogP contribution in [-0.2, 0) is 11.2 Å². The van der Waals surface area contributed by atoms with Gasteiger partial charge >= 0.3 is 0 Å². The van der Waals surface area contributed by atoms with Crippen LogP contribution < -0.4 is 4.74 Å². The summed E-state index contributed by atoms with van der Waals surface area (Å²) in [6.45, 7) is 2.13. The molecule has 1 aromatic carbocycles. The van der Waals surface area contributed by atoms with Crippen LogP contribution in [0.5, 0.6) is 5.75 Å². The van der Waals surface area contributed by atoms with Gasteiger partial charge in [-0.05, 0) is 23.8 Å². The fourth-order valence-corrected chi connectivity index (χ4v) is 2.52. The van der Waals surface area contributed by atoms with Crippen LogP contribution >= 0.6 is 0 Å². The summed E-state index contributed by atoms with van der Waals surface area (Å²) >= 11 is 0. The van der Waals surface area contributed by atoms with E-state index in [1.807, 2.05) is 12.1 Å². The van der Waals surface area contributed by atoms with Crippen molar-refractivity contribution in [2.75, 3.05) is 32.9 Å². The van der Waals surface area contributed by atoms with Gasteiger partial charge in [-0.3, -0.25) is 4.79 Å². The number of fused-ring (bicyclic) bond motifs is 1. The molecule has 3 rings (SSSR count). The lowest BCUT2D eigenvalue weighted by Crippen LogP contribution is -2.46. The summed E-state index contributed by atoms with van der Waals surface area (Å²) in [5.74, 6) is 0.878. The lowest BCUT2D eigenvalue weighted by atomic mass is 10.1. The Balaban J connectivity index is 1.76. The van der Waals surface area contributed by atoms with Crippen LogP contribution in [0.15, 0.2) is 18.2 Å². The van der Waals surface area contributed by atoms with Crippen LogP contribution in [0.1, 0.15) is 15.9 Å². The minimum atomic E-state index is -0.268. The number of aliphatic hydroxyl groups excluding tert-OH is 1. The van der Waals surface area contributed by atoms with Crippen LogP contribution in [0.2, 0.25) is 0 Å². The number of carbonyl (C=O) groups excluding carboxylic acids is 1. The summed E-state index contributed by atoms with van der Waals surface area (Å²) in [6, 6.07) is 5.57. The second kappa shape index (κ2) is 5.19. The molecule has 1 aromatic rings. The highest BCUT2D eigenvalue weighted by molar-refractivity contribution is 5.94. The Labute approximate surface area is 111 Å². The van der Waals surface area contributed by atoms with E-state index in [-0.39, 0.29) is 18.6 Å². The van der Waals surface area contributed by atoms with Crippen molar-refractivity contribution in [3.05, 3.63) is 29.3 Å². The van der Waals surface area contributed by atoms with E-state index in [9.17, 15) is 4.79 Å². The van der Waals surface area contributed by atoms with E-state index in [2.05, 4.69) is 0 Å². The summed E-state index contributed by atoms with van der Waals surface area (Å²) in [5.41, 5.74) is 1.78. The third-order valence-electron chi connectivity index (χ3n) is 3.57. The van der Waals surface area contributed by atoms with Crippen LogP contribution in [0.25, 0.3) is 0 Å². The van der Waals surface area contributed by atoms with Crippen molar-refractivity contribution in [3.8, 4) is 5.75 Å². The van der Waals surface area contributed by atoms with E-state index in [1.165, 1.54) is 0 Å². The Morgan fingerprint density at radius 3 is 3.16 bits per heavy atom. The standard InChI is InChI=1S/C14H17NO4/c16-9-12-8-15(4-6-18-12)14(17)11-1-2-13-10(7-11)3-5-19-13/h1-2,7,12,16H,3-6,8-9H2. The van der Waals surface area contributed by atoms with Gasteiger partial charge in [0.25, 0.3) is 5.91 Å². The number of hydrogen-bond donors (Lipinski definition) is 1. The zero-order valence-electron chi connectivity index (χ0n) is 10.7. The van der Waals surface area contributed by atoms with Crippen molar-refractivity contribution in [2.24, 2.45) is 0 Å². The van der Waals surface area contributed by atoms with Crippen LogP contribution in [0.4, 0.5) is 0 Å². The first kappa shape index (κ1) is 12.4. The van der Waals surface area contributed by atoms with E-state index in [1.54, 1.807) is 11.0 Å². The maximum Gasteiger partial charge on any atom is 0.254 e. The minimum Gasteiger partial charge on any atom is -0.493 e. The number of hydrogen-bond acceptors (Lipinski definition) is 4. The SMILES string of the molecule is O=C(c1ccc2c(c1)CCO2)N1CCOC(CO)C1. The third kappa shape index (κ3) is 2.43. The highest BCUT2D eigenvalue weighted by atomic mass is 16.5. The lowest BCUT2D eigenvalue weighted by molar-refractivity contribution is -0.0447. The molecule has 102 valence electrons. The summed E-state index contributed by atoms with van der Waals surface area (Å²) in [5, 5.41) is 9.11. The smallest absolute Gasteiger partial charge is 0.254 e. The normalized spacial score (nSPS) is 21.9. The molecule has 1 unspecified atom stereocenters. The average molecular weight is 263 g/mol. The number of ether oxygens (including phenoxy) is 2. The fraction of sp³-hybridized carbons (Fsp3) is 0.500. The molecule has 1 N–H and O–H groups in total. The van der Waals surface area contributed by atoms with Gasteiger partial charge in [-0.25, -0.2) is 0 Å². The van der Waals surface area contributed by atoms with E-state index >= 15 is 0 Å². The summed E-state index contributed by atoms with van der Waals surface area (Å²) in [6.07, 6.45) is 0.592. The molecule has 2 aliphatic rings. The Hall–Kier alpha value is -1.59. The molecule has 2 heterocycles. The highest BCUT2D eigenvalue weighted by Crippen LogP contribution is 2.26. The Bertz CT molecular complexity index is 488. The first-order valence-electron chi connectivity index (χ1n) is 6.55. The van der Waals surface area contributed by atoms with Crippen LogP contribution in [-0.4, -0.2) is 54.9 Å². The first-order valence-corrected chi connectivity index (χ1v) is 6.55. The summed E-state index contributed by atoms with van der Waals surface area (Å²) in [7, 11) is 0. The number of amides is 1. The van der Waals surface area contributed by atoms with Gasteiger partial charge in [0.05, 0.1) is 25.9 Å². The number of aliphatic hydroxyl groups is 1. The van der Waals surface area contributed by atoms with Crippen molar-refractivity contribution in [3.63, 3.8) is 0 Å². The second-order valence-corrected chi connectivity index (χ2v) is 4.85. The summed E-state index contributed by atoms with van der Waals surface area (Å²) < 4.78 is 10.8. The fourth-order valence-electron chi connectivity index (χ4n) is 2.52. The number of rotatable bonds is 2. The van der Waals surface area contributed by atoms with Gasteiger partial charge in [-0.15, -0.1) is 0 Å². The van der Waals surface area contributed by atoms with Crippen molar-refractivity contribution < 1.29 is 19.4 Å². The molecule has 19 heavy (non-hydrogen) atoms. The van der Waals surface area contributed by atoms with Crippen LogP contribution in [0, 0.1) is 0 Å². The molecule has 2 aliphatic heterocycles. The molecule has 1 fully saturated rings. The number of nitrogens with zero attached hydrogens (tertiary/aromatic N) is 1. The number of morpholine rings is 1. The molecule has 5 nitrogen and oxygen atoms in total. The number of benzene rings is 1. The first-order chi connectivity index (χ1) is 9.28. The molecule has 0 bridgehead atoms. The molecule has 1 amide bonds. The van der Waals surface area contributed by atoms with Gasteiger partial charge in [0.15, 0.2) is 0 Å². The van der Waals surface area contributed by atoms with Gasteiger partial charge in [0.2, 0.25) is 0 Å². The van der Waals surface area contributed by atoms with Crippen LogP contribution in [0.3, 0.4) is 0 Å². The van der Waals surface area contributed by atoms with E-state index in [0.29, 0.717) is 31.9 Å². The Kier molecular flexibility index (Phi) is 3.40. The van der Waals surface area contributed by atoms with Crippen molar-refractivity contribution in [2.45, 2.75) is 12.5 Å². The zero-order valence-corrected chi connectivity index (χ0v) is 10.7. The predicted molar refractivity (Wildman–Crippen MR) is 68.4 cm³/mol. The Morgan fingerprint density at radius 1 is 1.42 bits per heavy atom. The minimum absolute atomic E-state index is 0.00329. The molecular weight excluding hydrogens is 246 g/mol. The van der Waals surface area contributed by atoms with E-state index < -0.39 is 0 Å². The van der Waals surface area contributed by atoms with Crippen molar-refractivity contribution in [1.82, 2.24) is 4.90 Å². The van der Waals surface area contributed by atoms with Crippen molar-refractivity contribution >= 4 is 5.91 Å². The van der Waals surface area contributed by atoms with Gasteiger partial charge in [-0.1, -0.05) is 0 Å². The maximum atomic E-state index is 12.4. The molecule has 0 saturated carbocycles. The molecular formula is C14H17NO4. The molecule has 5 heteroatoms. The quantitative estimate of drug-likeness (QED) is 0.842. The topological polar surface area (TPSA) is 59.0 Å². The van der Waals surface area contributed by atoms with Gasteiger partial charge in [-0.2, -0.15) is 0 Å². The van der Waals surface area contributed by atoms with E-state index in [0.717, 1.165) is 17.7 Å². The monoisotopic (exact) mass is 263 g/mol. The largest absolute Gasteiger partial charge is 0.493 e. The molecule has 1 atom stereocenters. The van der Waals surface area contributed by atoms with Gasteiger partial charge < -0.3 is 19.5 Å². The lowest BCUT2D eigenvalue weighted by Gasteiger charge is -2.32. The average Bonchev–Trinajstić information content (AvgIpc) is 2.94. The highest BCUT2D eigenvalue weighted by Gasteiger charge is 2.25. The van der Waals surface area contributed by atoms with E-state index in [4.69, 9.17) is 14.6 Å². The third-order valence-corrected chi connectivity index (χ3v) is 3.57. The van der Waals surface area contributed by atoms with Crippen molar-refractivity contribution in [1.29, 1.82) is 0 Å². The van der Waals surface area contributed by atoms with Gasteiger partial charge in [0.1, 0.15) is 5.75 Å². The molecule has 0 radical (unpaired) electrons. The zero-order chi connectivity index (χ0) is 13.2. The second-order valence-electron chi connectivity index (χ2n) is 4.85. The predicted octanol–water partition coefficient (Wildman–Crippen LogP) is 0.455. The molecule has 0 spiro atoms. The maximum absolute atomic E-state index is 12.4. The summed E-state index contributed by atoms with van der Waals surface area (Å²) in [4.78, 5) is 14.1. The number of carbonyl (C=O) groups is 1. The van der Waals surface area contributed by atoms with Gasteiger partial charge in [0, 0.05) is 25.1 Å². The molecule has 1 saturated heterocycles. The molecule has 0 aliphatic carbocycles.